The third kappa shape index (κ3) is 5.58. The first kappa shape index (κ1) is 21.0. The largest absolute Gasteiger partial charge is 0.354 e. The molecule has 0 fully saturated rings. The van der Waals surface area contributed by atoms with Crippen molar-refractivity contribution in [3.8, 4) is 0 Å². The van der Waals surface area contributed by atoms with E-state index in [1.807, 2.05) is 0 Å². The number of aromatic amines is 1. The van der Waals surface area contributed by atoms with Crippen LogP contribution in [0.2, 0.25) is 10.0 Å². The number of halogens is 2. The zero-order chi connectivity index (χ0) is 19.2. The van der Waals surface area contributed by atoms with E-state index < -0.39 is 15.9 Å². The summed E-state index contributed by atoms with van der Waals surface area (Å²) in [7, 11) is -3.94. The lowest BCUT2D eigenvalue weighted by Crippen LogP contribution is -2.41. The summed E-state index contributed by atoms with van der Waals surface area (Å²) in [6.45, 7) is 1.81. The predicted octanol–water partition coefficient (Wildman–Crippen LogP) is 2.03. The normalized spacial score (nSPS) is 11.7. The second kappa shape index (κ2) is 9.56. The fraction of sp³-hybridized carbons (Fsp3) is 0.357. The molecule has 0 atom stereocenters. The lowest BCUT2D eigenvalue weighted by Gasteiger charge is -2.20. The number of hydrogen-bond donors (Lipinski definition) is 2. The zero-order valence-corrected chi connectivity index (χ0v) is 16.9. The molecule has 1 aromatic heterocycles. The van der Waals surface area contributed by atoms with Crippen molar-refractivity contribution < 1.29 is 13.2 Å². The van der Waals surface area contributed by atoms with Crippen LogP contribution < -0.4 is 5.32 Å². The van der Waals surface area contributed by atoms with E-state index in [2.05, 4.69) is 20.5 Å². The van der Waals surface area contributed by atoms with Gasteiger partial charge in [0.1, 0.15) is 11.2 Å². The first-order valence-electron chi connectivity index (χ1n) is 7.54. The first-order valence-corrected chi connectivity index (χ1v) is 10.7. The van der Waals surface area contributed by atoms with E-state index >= 15 is 0 Å². The van der Waals surface area contributed by atoms with E-state index in [0.29, 0.717) is 17.5 Å². The molecule has 1 heterocycles. The number of carbonyl (C=O) groups is 1. The van der Waals surface area contributed by atoms with Crippen molar-refractivity contribution in [1.82, 2.24) is 24.8 Å². The van der Waals surface area contributed by atoms with Gasteiger partial charge in [-0.15, -0.1) is 0 Å². The molecule has 142 valence electrons. The Labute approximate surface area is 165 Å². The molecule has 0 aliphatic heterocycles. The molecular weight excluding hydrogens is 421 g/mol. The van der Waals surface area contributed by atoms with Gasteiger partial charge in [-0.05, 0) is 18.2 Å². The van der Waals surface area contributed by atoms with E-state index in [4.69, 9.17) is 23.2 Å². The maximum atomic E-state index is 12.7. The fourth-order valence-corrected chi connectivity index (χ4v) is 4.78. The molecule has 26 heavy (non-hydrogen) atoms. The average molecular weight is 438 g/mol. The molecule has 0 spiro atoms. The minimum Gasteiger partial charge on any atom is -0.354 e. The average Bonchev–Trinajstić information content (AvgIpc) is 3.12. The highest BCUT2D eigenvalue weighted by Crippen LogP contribution is 2.27. The number of nitrogens with zero attached hydrogens (tertiary/aromatic N) is 3. The van der Waals surface area contributed by atoms with Crippen molar-refractivity contribution in [2.24, 2.45) is 0 Å². The standard InChI is InChI=1S/C14H17Cl2N5O3S2/c1-2-21(26(23,24)12-7-10(15)3-4-11(12)16)8-13(22)17-5-6-25-14-18-9-19-20-14/h3-4,7,9H,2,5-6,8H2,1H3,(H,17,22)(H,18,19,20). The molecule has 2 N–H and O–H groups in total. The van der Waals surface area contributed by atoms with Crippen molar-refractivity contribution in [2.75, 3.05) is 25.4 Å². The van der Waals surface area contributed by atoms with Crippen LogP contribution in [0.15, 0.2) is 34.6 Å². The quantitative estimate of drug-likeness (QED) is 0.458. The summed E-state index contributed by atoms with van der Waals surface area (Å²) < 4.78 is 26.5. The molecule has 0 radical (unpaired) electrons. The molecule has 0 saturated carbocycles. The Morgan fingerprint density at radius 3 is 2.81 bits per heavy atom. The van der Waals surface area contributed by atoms with Gasteiger partial charge < -0.3 is 5.32 Å². The van der Waals surface area contributed by atoms with Crippen molar-refractivity contribution in [3.63, 3.8) is 0 Å². The van der Waals surface area contributed by atoms with Crippen LogP contribution in [0.1, 0.15) is 6.92 Å². The summed E-state index contributed by atoms with van der Waals surface area (Å²) in [5.74, 6) is 0.159. The number of carbonyl (C=O) groups excluding carboxylic acids is 1. The summed E-state index contributed by atoms with van der Waals surface area (Å²) in [4.78, 5) is 15.9. The van der Waals surface area contributed by atoms with Gasteiger partial charge in [0.05, 0.1) is 11.6 Å². The van der Waals surface area contributed by atoms with Gasteiger partial charge in [0.25, 0.3) is 0 Å². The van der Waals surface area contributed by atoms with Crippen LogP contribution in [0.4, 0.5) is 0 Å². The Bertz CT molecular complexity index is 846. The molecule has 8 nitrogen and oxygen atoms in total. The van der Waals surface area contributed by atoms with Crippen molar-refractivity contribution in [3.05, 3.63) is 34.6 Å². The molecule has 0 aliphatic carbocycles. The summed E-state index contributed by atoms with van der Waals surface area (Å²) in [6.07, 6.45) is 1.39. The van der Waals surface area contributed by atoms with Gasteiger partial charge >= 0.3 is 0 Å². The maximum absolute atomic E-state index is 12.7. The second-order valence-electron chi connectivity index (χ2n) is 4.99. The SMILES string of the molecule is CCN(CC(=O)NCCSc1ncn[nH]1)S(=O)(=O)c1cc(Cl)ccc1Cl. The smallest absolute Gasteiger partial charge is 0.245 e. The van der Waals surface area contributed by atoms with Crippen molar-refractivity contribution in [1.29, 1.82) is 0 Å². The van der Waals surface area contributed by atoms with Crippen LogP contribution in [-0.4, -0.2) is 59.2 Å². The Hall–Kier alpha value is -1.33. The molecule has 2 rings (SSSR count). The lowest BCUT2D eigenvalue weighted by molar-refractivity contribution is -0.121. The number of sulfonamides is 1. The monoisotopic (exact) mass is 437 g/mol. The molecular formula is C14H17Cl2N5O3S2. The summed E-state index contributed by atoms with van der Waals surface area (Å²) in [6, 6.07) is 4.18. The van der Waals surface area contributed by atoms with Gasteiger partial charge in [0.2, 0.25) is 15.9 Å². The van der Waals surface area contributed by atoms with E-state index in [1.54, 1.807) is 6.92 Å². The maximum Gasteiger partial charge on any atom is 0.245 e. The van der Waals surface area contributed by atoms with Gasteiger partial charge in [0.15, 0.2) is 5.16 Å². The Morgan fingerprint density at radius 1 is 1.38 bits per heavy atom. The molecule has 0 bridgehead atoms. The minimum atomic E-state index is -3.94. The van der Waals surface area contributed by atoms with Crippen LogP contribution in [-0.2, 0) is 14.8 Å². The molecule has 1 aromatic carbocycles. The van der Waals surface area contributed by atoms with Crippen LogP contribution >= 0.6 is 35.0 Å². The van der Waals surface area contributed by atoms with Gasteiger partial charge in [-0.2, -0.15) is 9.40 Å². The molecule has 2 aromatic rings. The number of nitrogens with one attached hydrogen (secondary N) is 2. The number of aromatic nitrogens is 3. The highest BCUT2D eigenvalue weighted by molar-refractivity contribution is 7.99. The van der Waals surface area contributed by atoms with Gasteiger partial charge in [0, 0.05) is 23.9 Å². The summed E-state index contributed by atoms with van der Waals surface area (Å²) in [5, 5.41) is 10.0. The van der Waals surface area contributed by atoms with Crippen LogP contribution in [0, 0.1) is 0 Å². The Kier molecular flexibility index (Phi) is 7.71. The number of H-pyrrole nitrogens is 1. The third-order valence-corrected chi connectivity index (χ3v) is 6.76. The van der Waals surface area contributed by atoms with Crippen molar-refractivity contribution >= 4 is 50.9 Å². The molecule has 0 unspecified atom stereocenters. The van der Waals surface area contributed by atoms with Gasteiger partial charge in [-0.1, -0.05) is 41.9 Å². The third-order valence-electron chi connectivity index (χ3n) is 3.24. The number of rotatable bonds is 9. The molecule has 1 amide bonds. The Balaban J connectivity index is 1.94. The zero-order valence-electron chi connectivity index (χ0n) is 13.8. The minimum absolute atomic E-state index is 0.0525. The summed E-state index contributed by atoms with van der Waals surface area (Å²) >= 11 is 13.2. The fourth-order valence-electron chi connectivity index (χ4n) is 2.00. The van der Waals surface area contributed by atoms with E-state index in [1.165, 1.54) is 36.3 Å². The topological polar surface area (TPSA) is 108 Å². The van der Waals surface area contributed by atoms with Gasteiger partial charge in [-0.3, -0.25) is 9.89 Å². The van der Waals surface area contributed by atoms with E-state index in [-0.39, 0.29) is 28.0 Å². The first-order chi connectivity index (χ1) is 12.3. The number of hydrogen-bond acceptors (Lipinski definition) is 6. The van der Waals surface area contributed by atoms with Crippen LogP contribution in [0.3, 0.4) is 0 Å². The molecule has 0 aliphatic rings. The van der Waals surface area contributed by atoms with Crippen molar-refractivity contribution in [2.45, 2.75) is 17.0 Å². The number of amides is 1. The second-order valence-corrected chi connectivity index (χ2v) is 8.83. The lowest BCUT2D eigenvalue weighted by atomic mass is 10.4. The number of thioether (sulfide) groups is 1. The van der Waals surface area contributed by atoms with Crippen LogP contribution in [0.25, 0.3) is 0 Å². The van der Waals surface area contributed by atoms with Crippen LogP contribution in [0.5, 0.6) is 0 Å². The number of benzene rings is 1. The van der Waals surface area contributed by atoms with E-state index in [9.17, 15) is 13.2 Å². The summed E-state index contributed by atoms with van der Waals surface area (Å²) in [5.41, 5.74) is 0. The molecule has 0 saturated heterocycles. The number of likely N-dealkylation sites (N-methyl/N-ethyl adjacent to an activating group) is 1. The predicted molar refractivity (Wildman–Crippen MR) is 101 cm³/mol. The van der Waals surface area contributed by atoms with Gasteiger partial charge in [-0.25, -0.2) is 13.4 Å². The highest BCUT2D eigenvalue weighted by Gasteiger charge is 2.27. The Morgan fingerprint density at radius 2 is 2.15 bits per heavy atom. The highest BCUT2D eigenvalue weighted by atomic mass is 35.5. The molecule has 12 heteroatoms. The van der Waals surface area contributed by atoms with E-state index in [0.717, 1.165) is 4.31 Å².